The molecular formula is C10H11N3O3S. The van der Waals surface area contributed by atoms with Crippen LogP contribution in [-0.4, -0.2) is 34.2 Å². The van der Waals surface area contributed by atoms with E-state index in [1.807, 2.05) is 0 Å². The predicted octanol–water partition coefficient (Wildman–Crippen LogP) is 0.826. The van der Waals surface area contributed by atoms with Gasteiger partial charge in [-0.15, -0.1) is 12.6 Å². The second kappa shape index (κ2) is 5.35. The Morgan fingerprint density at radius 1 is 1.29 bits per heavy atom. The molecule has 0 aliphatic heterocycles. The highest BCUT2D eigenvalue weighted by atomic mass is 32.1. The molecule has 0 aliphatic rings. The van der Waals surface area contributed by atoms with E-state index in [1.165, 1.54) is 31.3 Å². The van der Waals surface area contributed by atoms with Crippen LogP contribution in [-0.2, 0) is 0 Å². The fourth-order valence-electron chi connectivity index (χ4n) is 1.03. The van der Waals surface area contributed by atoms with Gasteiger partial charge in [-0.2, -0.15) is 0 Å². The fourth-order valence-corrected chi connectivity index (χ4v) is 1.08. The minimum Gasteiger partial charge on any atom is -0.478 e. The van der Waals surface area contributed by atoms with Gasteiger partial charge in [0, 0.05) is 12.6 Å². The van der Waals surface area contributed by atoms with Gasteiger partial charge in [0.25, 0.3) is 5.91 Å². The van der Waals surface area contributed by atoms with Crippen molar-refractivity contribution >= 4 is 29.7 Å². The van der Waals surface area contributed by atoms with Gasteiger partial charge in [-0.3, -0.25) is 20.6 Å². The number of amides is 1. The van der Waals surface area contributed by atoms with E-state index < -0.39 is 11.9 Å². The van der Waals surface area contributed by atoms with Crippen molar-refractivity contribution in [1.29, 1.82) is 5.41 Å². The van der Waals surface area contributed by atoms with Gasteiger partial charge in [0.2, 0.25) is 0 Å². The summed E-state index contributed by atoms with van der Waals surface area (Å²) in [5, 5.41) is 16.9. The molecule has 0 aromatic heterocycles. The zero-order valence-electron chi connectivity index (χ0n) is 8.97. The summed E-state index contributed by atoms with van der Waals surface area (Å²) in [7, 11) is 1.47. The Labute approximate surface area is 103 Å². The number of hydrogen-bond acceptors (Lipinski definition) is 3. The Hall–Kier alpha value is -2.02. The summed E-state index contributed by atoms with van der Waals surface area (Å²) in [5.41, 5.74) is 2.80. The molecule has 0 bridgehead atoms. The molecule has 0 aliphatic carbocycles. The van der Waals surface area contributed by atoms with E-state index in [9.17, 15) is 9.59 Å². The molecule has 0 unspecified atom stereocenters. The third-order valence-electron chi connectivity index (χ3n) is 1.98. The molecule has 0 spiro atoms. The number of benzene rings is 1. The van der Waals surface area contributed by atoms with Crippen molar-refractivity contribution in [2.75, 3.05) is 7.05 Å². The number of carboxylic acids is 1. The maximum absolute atomic E-state index is 11.6. The van der Waals surface area contributed by atoms with Crippen LogP contribution in [0.15, 0.2) is 24.3 Å². The monoisotopic (exact) mass is 253 g/mol. The molecule has 0 atom stereocenters. The van der Waals surface area contributed by atoms with Crippen LogP contribution >= 0.6 is 12.6 Å². The Morgan fingerprint density at radius 2 is 1.76 bits per heavy atom. The van der Waals surface area contributed by atoms with E-state index in [4.69, 9.17) is 10.5 Å². The molecule has 1 aromatic carbocycles. The number of hydrazine groups is 1. The smallest absolute Gasteiger partial charge is 0.335 e. The molecule has 90 valence electrons. The average Bonchev–Trinajstić information content (AvgIpc) is 2.28. The maximum atomic E-state index is 11.6. The van der Waals surface area contributed by atoms with Crippen LogP contribution in [0.1, 0.15) is 20.7 Å². The molecule has 1 rings (SSSR count). The Morgan fingerprint density at radius 3 is 2.18 bits per heavy atom. The number of rotatable bonds is 2. The molecule has 0 saturated carbocycles. The quantitative estimate of drug-likeness (QED) is 0.272. The molecule has 0 radical (unpaired) electrons. The van der Waals surface area contributed by atoms with Crippen molar-refractivity contribution in [2.24, 2.45) is 0 Å². The van der Waals surface area contributed by atoms with Gasteiger partial charge in [-0.1, -0.05) is 0 Å². The van der Waals surface area contributed by atoms with E-state index in [2.05, 4.69) is 18.1 Å². The standard InChI is InChI=1S/C10H11N3O3S/c1-13(10(11)17)12-8(14)6-2-4-7(5-3-6)9(15)16/h2-5H,1H3,(H2,11,17)(H,12,14)(H,15,16). The molecule has 17 heavy (non-hydrogen) atoms. The molecule has 0 saturated heterocycles. The minimum absolute atomic E-state index is 0.108. The van der Waals surface area contributed by atoms with Crippen molar-refractivity contribution < 1.29 is 14.7 Å². The number of thiol groups is 1. The van der Waals surface area contributed by atoms with Gasteiger partial charge in [0.1, 0.15) is 0 Å². The van der Waals surface area contributed by atoms with Crippen molar-refractivity contribution in [3.63, 3.8) is 0 Å². The van der Waals surface area contributed by atoms with Crippen LogP contribution in [0.25, 0.3) is 0 Å². The van der Waals surface area contributed by atoms with Crippen LogP contribution in [0.3, 0.4) is 0 Å². The molecule has 6 nitrogen and oxygen atoms in total. The normalized spacial score (nSPS) is 9.53. The Kier molecular flexibility index (Phi) is 4.11. The summed E-state index contributed by atoms with van der Waals surface area (Å²) in [6, 6.07) is 5.47. The van der Waals surface area contributed by atoms with E-state index in [0.717, 1.165) is 5.01 Å². The second-order valence-electron chi connectivity index (χ2n) is 3.21. The minimum atomic E-state index is -1.05. The summed E-state index contributed by atoms with van der Waals surface area (Å²) in [6.07, 6.45) is 0. The summed E-state index contributed by atoms with van der Waals surface area (Å²) in [4.78, 5) is 22.2. The lowest BCUT2D eigenvalue weighted by atomic mass is 10.1. The van der Waals surface area contributed by atoms with E-state index in [0.29, 0.717) is 5.56 Å². The highest BCUT2D eigenvalue weighted by Gasteiger charge is 2.10. The first-order chi connectivity index (χ1) is 7.91. The number of amidine groups is 1. The van der Waals surface area contributed by atoms with Gasteiger partial charge < -0.3 is 5.11 Å². The molecular weight excluding hydrogens is 242 g/mol. The van der Waals surface area contributed by atoms with E-state index in [1.54, 1.807) is 0 Å². The zero-order chi connectivity index (χ0) is 13.0. The van der Waals surface area contributed by atoms with E-state index in [-0.39, 0.29) is 10.7 Å². The lowest BCUT2D eigenvalue weighted by molar-refractivity contribution is 0.0696. The first-order valence-corrected chi connectivity index (χ1v) is 5.02. The number of carbonyl (C=O) groups excluding carboxylic acids is 1. The number of carboxylic acid groups (broad SMARTS) is 1. The van der Waals surface area contributed by atoms with Crippen molar-refractivity contribution in [1.82, 2.24) is 10.4 Å². The second-order valence-corrected chi connectivity index (χ2v) is 3.63. The molecule has 7 heteroatoms. The van der Waals surface area contributed by atoms with Crippen LogP contribution in [0.2, 0.25) is 0 Å². The molecule has 0 fully saturated rings. The SMILES string of the molecule is CN(NC(=O)c1ccc(C(=O)O)cc1)C(=N)S. The van der Waals surface area contributed by atoms with Crippen LogP contribution in [0.4, 0.5) is 0 Å². The number of hydrogen-bond donors (Lipinski definition) is 4. The first-order valence-electron chi connectivity index (χ1n) is 4.57. The summed E-state index contributed by atoms with van der Waals surface area (Å²) < 4.78 is 0. The van der Waals surface area contributed by atoms with Gasteiger partial charge >= 0.3 is 5.97 Å². The van der Waals surface area contributed by atoms with Crippen molar-refractivity contribution in [3.8, 4) is 0 Å². The van der Waals surface area contributed by atoms with Gasteiger partial charge in [0.05, 0.1) is 5.56 Å². The van der Waals surface area contributed by atoms with Gasteiger partial charge in [-0.05, 0) is 24.3 Å². The molecule has 0 heterocycles. The van der Waals surface area contributed by atoms with Crippen LogP contribution in [0, 0.1) is 5.41 Å². The number of nitrogens with one attached hydrogen (secondary N) is 2. The van der Waals surface area contributed by atoms with Crippen molar-refractivity contribution in [2.45, 2.75) is 0 Å². The van der Waals surface area contributed by atoms with Gasteiger partial charge in [0.15, 0.2) is 5.17 Å². The van der Waals surface area contributed by atoms with E-state index >= 15 is 0 Å². The highest BCUT2D eigenvalue weighted by Crippen LogP contribution is 2.04. The third-order valence-corrected chi connectivity index (χ3v) is 2.28. The topological polar surface area (TPSA) is 93.5 Å². The molecule has 1 aromatic rings. The number of nitrogens with zero attached hydrogens (tertiary/aromatic N) is 1. The molecule has 1 amide bonds. The highest BCUT2D eigenvalue weighted by molar-refractivity contribution is 7.96. The van der Waals surface area contributed by atoms with Crippen LogP contribution in [0.5, 0.6) is 0 Å². The Balaban J connectivity index is 2.77. The largest absolute Gasteiger partial charge is 0.478 e. The first kappa shape index (κ1) is 13.0. The lowest BCUT2D eigenvalue weighted by Gasteiger charge is -2.17. The predicted molar refractivity (Wildman–Crippen MR) is 65.3 cm³/mol. The third kappa shape index (κ3) is 3.49. The summed E-state index contributed by atoms with van der Waals surface area (Å²) in [5.74, 6) is -1.49. The number of aromatic carboxylic acids is 1. The molecule has 3 N–H and O–H groups in total. The Bertz CT molecular complexity index is 458. The van der Waals surface area contributed by atoms with Gasteiger partial charge in [-0.25, -0.2) is 4.79 Å². The zero-order valence-corrected chi connectivity index (χ0v) is 9.86. The summed E-state index contributed by atoms with van der Waals surface area (Å²) >= 11 is 3.74. The maximum Gasteiger partial charge on any atom is 0.335 e. The number of carbonyl (C=O) groups is 2. The van der Waals surface area contributed by atoms with Crippen LogP contribution < -0.4 is 5.43 Å². The van der Waals surface area contributed by atoms with Crippen molar-refractivity contribution in [3.05, 3.63) is 35.4 Å². The fraction of sp³-hybridized carbons (Fsp3) is 0.100. The average molecular weight is 253 g/mol. The summed E-state index contributed by atoms with van der Waals surface area (Å²) in [6.45, 7) is 0. The lowest BCUT2D eigenvalue weighted by Crippen LogP contribution is -2.41.